The van der Waals surface area contributed by atoms with E-state index in [-0.39, 0.29) is 0 Å². The molecule has 0 aliphatic carbocycles. The molecule has 0 saturated heterocycles. The van der Waals surface area contributed by atoms with Gasteiger partial charge in [-0.05, 0) is 37.1 Å². The van der Waals surface area contributed by atoms with E-state index in [2.05, 4.69) is 65.9 Å². The van der Waals surface area contributed by atoms with Gasteiger partial charge in [0.2, 0.25) is 0 Å². The predicted molar refractivity (Wildman–Crippen MR) is 143 cm³/mol. The van der Waals surface area contributed by atoms with Gasteiger partial charge in [0.25, 0.3) is 0 Å². The second-order valence-electron chi connectivity index (χ2n) is 9.21. The molecule has 0 spiro atoms. The minimum atomic E-state index is 0.507. The van der Waals surface area contributed by atoms with Gasteiger partial charge in [0, 0.05) is 16.0 Å². The Balaban J connectivity index is 1.95. The van der Waals surface area contributed by atoms with E-state index >= 15 is 0 Å². The molecule has 0 saturated carbocycles. The van der Waals surface area contributed by atoms with Gasteiger partial charge in [0.05, 0.1) is 0 Å². The van der Waals surface area contributed by atoms with Crippen LogP contribution in [0, 0.1) is 24.7 Å². The van der Waals surface area contributed by atoms with Crippen LogP contribution in [0.1, 0.15) is 134 Å². The van der Waals surface area contributed by atoms with Crippen LogP contribution in [0.25, 0.3) is 0 Å². The van der Waals surface area contributed by atoms with Gasteiger partial charge >= 0.3 is 0 Å². The molecule has 1 heteroatoms. The zero-order valence-electron chi connectivity index (χ0n) is 20.4. The maximum Gasteiger partial charge on any atom is 0.0246 e. The first-order valence-electron chi connectivity index (χ1n) is 13.3. The standard InChI is InChI=1S/C30H48Br/c1-3-5-6-7-8-9-10-11-12-13-14-15-16-17-18-19-21-28(20-4-2)22-23-29-24-26-30(31)27-25-29/h24-28H,2-21H2,1H3. The topological polar surface area (TPSA) is 0 Å². The molecule has 0 bridgehead atoms. The summed E-state index contributed by atoms with van der Waals surface area (Å²) in [4.78, 5) is 0. The molecule has 0 fully saturated rings. The van der Waals surface area contributed by atoms with Crippen molar-refractivity contribution >= 4 is 15.9 Å². The van der Waals surface area contributed by atoms with Crippen molar-refractivity contribution in [1.82, 2.24) is 0 Å². The molecule has 0 amide bonds. The summed E-state index contributed by atoms with van der Waals surface area (Å²) in [7, 11) is 0. The van der Waals surface area contributed by atoms with Crippen molar-refractivity contribution in [2.75, 3.05) is 0 Å². The first-order valence-corrected chi connectivity index (χ1v) is 14.1. The van der Waals surface area contributed by atoms with Crippen molar-refractivity contribution in [3.63, 3.8) is 0 Å². The lowest BCUT2D eigenvalue weighted by atomic mass is 9.96. The number of rotatable bonds is 19. The Morgan fingerprint density at radius 1 is 0.677 bits per heavy atom. The predicted octanol–water partition coefficient (Wildman–Crippen LogP) is 10.7. The van der Waals surface area contributed by atoms with Crippen molar-refractivity contribution in [3.8, 4) is 11.8 Å². The molecule has 0 N–H and O–H groups in total. The average molecular weight is 489 g/mol. The molecule has 0 heterocycles. The normalized spacial score (nSPS) is 11.8. The van der Waals surface area contributed by atoms with Crippen LogP contribution in [0.2, 0.25) is 0 Å². The van der Waals surface area contributed by atoms with E-state index in [0.29, 0.717) is 5.92 Å². The van der Waals surface area contributed by atoms with Crippen LogP contribution in [0.4, 0.5) is 0 Å². The third kappa shape index (κ3) is 17.5. The molecular formula is C30H48Br. The Morgan fingerprint density at radius 2 is 1.13 bits per heavy atom. The second-order valence-corrected chi connectivity index (χ2v) is 10.1. The zero-order chi connectivity index (χ0) is 22.4. The van der Waals surface area contributed by atoms with Crippen LogP contribution in [0.15, 0.2) is 28.7 Å². The first kappa shape index (κ1) is 28.3. The molecule has 1 aromatic rings. The van der Waals surface area contributed by atoms with Gasteiger partial charge in [-0.1, -0.05) is 151 Å². The zero-order valence-corrected chi connectivity index (χ0v) is 22.0. The second kappa shape index (κ2) is 21.1. The highest BCUT2D eigenvalue weighted by Gasteiger charge is 2.04. The summed E-state index contributed by atoms with van der Waals surface area (Å²) in [6.45, 7) is 6.34. The number of hydrogen-bond acceptors (Lipinski definition) is 0. The average Bonchev–Trinajstić information content (AvgIpc) is 2.78. The van der Waals surface area contributed by atoms with E-state index in [0.717, 1.165) is 22.9 Å². The molecule has 0 aliphatic heterocycles. The quantitative estimate of drug-likeness (QED) is 0.134. The molecule has 1 atom stereocenters. The Morgan fingerprint density at radius 3 is 1.58 bits per heavy atom. The van der Waals surface area contributed by atoms with E-state index in [4.69, 9.17) is 0 Å². The lowest BCUT2D eigenvalue weighted by molar-refractivity contribution is 0.498. The lowest BCUT2D eigenvalue weighted by Gasteiger charge is -2.09. The Hall–Kier alpha value is -0.740. The summed E-state index contributed by atoms with van der Waals surface area (Å²) in [5.41, 5.74) is 1.12. The van der Waals surface area contributed by atoms with Crippen molar-refractivity contribution in [3.05, 3.63) is 41.2 Å². The van der Waals surface area contributed by atoms with Gasteiger partial charge in [-0.25, -0.2) is 0 Å². The Labute approximate surface area is 203 Å². The highest BCUT2D eigenvalue weighted by Crippen LogP contribution is 2.18. The maximum absolute atomic E-state index is 4.04. The van der Waals surface area contributed by atoms with Crippen LogP contribution in [-0.4, -0.2) is 0 Å². The number of unbranched alkanes of at least 4 members (excludes halogenated alkanes) is 15. The minimum absolute atomic E-state index is 0.507. The Kier molecular flexibility index (Phi) is 19.3. The van der Waals surface area contributed by atoms with Gasteiger partial charge in [-0.2, -0.15) is 0 Å². The maximum atomic E-state index is 4.04. The monoisotopic (exact) mass is 487 g/mol. The van der Waals surface area contributed by atoms with Crippen LogP contribution >= 0.6 is 15.9 Å². The molecule has 175 valence electrons. The largest absolute Gasteiger partial charge is 0.0945 e. The van der Waals surface area contributed by atoms with Crippen molar-refractivity contribution in [2.45, 2.75) is 129 Å². The van der Waals surface area contributed by atoms with Crippen LogP contribution in [0.5, 0.6) is 0 Å². The lowest BCUT2D eigenvalue weighted by Crippen LogP contribution is -1.97. The molecule has 1 radical (unpaired) electrons. The summed E-state index contributed by atoms with van der Waals surface area (Å²) in [5.74, 6) is 7.37. The fourth-order valence-electron chi connectivity index (χ4n) is 4.19. The summed E-state index contributed by atoms with van der Waals surface area (Å²) >= 11 is 3.48. The van der Waals surface area contributed by atoms with Crippen LogP contribution in [0.3, 0.4) is 0 Å². The molecule has 1 unspecified atom stereocenters. The van der Waals surface area contributed by atoms with Gasteiger partial charge in [-0.3, -0.25) is 0 Å². The summed E-state index contributed by atoms with van der Waals surface area (Å²) in [6, 6.07) is 8.31. The highest BCUT2D eigenvalue weighted by atomic mass is 79.9. The third-order valence-electron chi connectivity index (χ3n) is 6.22. The smallest absolute Gasteiger partial charge is 0.0246 e. The third-order valence-corrected chi connectivity index (χ3v) is 6.75. The SMILES string of the molecule is [CH2]CCC(C#Cc1ccc(Br)cc1)CCCCCCCCCCCCCCCCCC. The fraction of sp³-hybridized carbons (Fsp3) is 0.700. The molecule has 31 heavy (non-hydrogen) atoms. The fourth-order valence-corrected chi connectivity index (χ4v) is 4.46. The van der Waals surface area contributed by atoms with E-state index in [1.807, 2.05) is 0 Å². The summed E-state index contributed by atoms with van der Waals surface area (Å²) < 4.78 is 1.11. The van der Waals surface area contributed by atoms with Crippen LogP contribution < -0.4 is 0 Å². The van der Waals surface area contributed by atoms with E-state index < -0.39 is 0 Å². The molecule has 0 nitrogen and oxygen atoms in total. The van der Waals surface area contributed by atoms with Crippen molar-refractivity contribution in [2.24, 2.45) is 5.92 Å². The summed E-state index contributed by atoms with van der Waals surface area (Å²) in [6.07, 6.45) is 26.2. The van der Waals surface area contributed by atoms with Crippen molar-refractivity contribution in [1.29, 1.82) is 0 Å². The molecular weight excluding hydrogens is 440 g/mol. The molecule has 0 aliphatic rings. The van der Waals surface area contributed by atoms with Crippen molar-refractivity contribution < 1.29 is 0 Å². The highest BCUT2D eigenvalue weighted by molar-refractivity contribution is 9.10. The molecule has 1 rings (SSSR count). The van der Waals surface area contributed by atoms with Crippen LogP contribution in [-0.2, 0) is 0 Å². The van der Waals surface area contributed by atoms with Gasteiger partial charge in [-0.15, -0.1) is 0 Å². The first-order chi connectivity index (χ1) is 15.3. The summed E-state index contributed by atoms with van der Waals surface area (Å²) in [5, 5.41) is 0. The van der Waals surface area contributed by atoms with Gasteiger partial charge < -0.3 is 0 Å². The molecule has 0 aromatic heterocycles. The van der Waals surface area contributed by atoms with E-state index in [1.165, 1.54) is 109 Å². The van der Waals surface area contributed by atoms with Gasteiger partial charge in [0.15, 0.2) is 0 Å². The molecule has 1 aromatic carbocycles. The minimum Gasteiger partial charge on any atom is -0.0945 e. The Bertz CT molecular complexity index is 562. The van der Waals surface area contributed by atoms with Gasteiger partial charge in [0.1, 0.15) is 0 Å². The number of hydrogen-bond donors (Lipinski definition) is 0. The van der Waals surface area contributed by atoms with E-state index in [9.17, 15) is 0 Å². The van der Waals surface area contributed by atoms with E-state index in [1.54, 1.807) is 0 Å². The number of halogens is 1. The number of benzene rings is 1.